The number of piperidine rings is 1. The molecular formula is C29H37N5O2. The number of aromatic nitrogens is 1. The maximum Gasteiger partial charge on any atom is 0.230 e. The number of fused-ring (bicyclic) bond motifs is 1. The van der Waals surface area contributed by atoms with Gasteiger partial charge in [0.25, 0.3) is 0 Å². The number of amides is 1. The number of nitrogens with zero attached hydrogens (tertiary/aromatic N) is 2. The third-order valence-corrected chi connectivity index (χ3v) is 7.47. The topological polar surface area (TPSA) is 90.3 Å². The van der Waals surface area contributed by atoms with Crippen LogP contribution in [0.2, 0.25) is 0 Å². The molecule has 1 saturated carbocycles. The van der Waals surface area contributed by atoms with E-state index < -0.39 is 0 Å². The summed E-state index contributed by atoms with van der Waals surface area (Å²) in [6.45, 7) is 8.07. The SMILES string of the molecule is Cc1cc(Oc2c(/C(C=N)=C/NC3CCNCC3)ccc3c2CC[C@H](C)N3C(=O)C2CC2)cc(C)n1. The van der Waals surface area contributed by atoms with Gasteiger partial charge < -0.3 is 25.7 Å². The highest BCUT2D eigenvalue weighted by Gasteiger charge is 2.39. The number of anilines is 1. The van der Waals surface area contributed by atoms with E-state index in [4.69, 9.17) is 10.1 Å². The molecule has 0 radical (unpaired) electrons. The van der Waals surface area contributed by atoms with Crippen molar-refractivity contribution in [1.82, 2.24) is 15.6 Å². The smallest absolute Gasteiger partial charge is 0.230 e. The van der Waals surface area contributed by atoms with Crippen molar-refractivity contribution in [3.63, 3.8) is 0 Å². The standard InChI is InChI=1S/C29H37N5O2/c1-18-14-24(15-19(2)33-18)36-28-25(22(16-30)17-32-23-10-12-31-13-11-23)8-9-27-26(28)7-4-20(3)34(27)29(35)21-5-6-21/h8-9,14-17,20-21,23,30-32H,4-7,10-13H2,1-3H3/b22-17+,30-16?/t20-/m0/s1. The van der Waals surface area contributed by atoms with Crippen LogP contribution in [0.3, 0.4) is 0 Å². The van der Waals surface area contributed by atoms with E-state index in [0.717, 1.165) is 96.9 Å². The Balaban J connectivity index is 1.58. The average molecular weight is 488 g/mol. The van der Waals surface area contributed by atoms with Crippen LogP contribution in [-0.2, 0) is 11.2 Å². The summed E-state index contributed by atoms with van der Waals surface area (Å²) >= 11 is 0. The Morgan fingerprint density at radius 2 is 1.86 bits per heavy atom. The van der Waals surface area contributed by atoms with Crippen LogP contribution in [-0.4, -0.2) is 42.3 Å². The number of rotatable bonds is 7. The fourth-order valence-corrected chi connectivity index (χ4v) is 5.38. The monoisotopic (exact) mass is 487 g/mol. The first-order valence-corrected chi connectivity index (χ1v) is 13.2. The number of hydrogen-bond donors (Lipinski definition) is 3. The van der Waals surface area contributed by atoms with Gasteiger partial charge in [-0.1, -0.05) is 0 Å². The second-order valence-corrected chi connectivity index (χ2v) is 10.4. The summed E-state index contributed by atoms with van der Waals surface area (Å²) in [5.41, 5.74) is 5.42. The van der Waals surface area contributed by atoms with Crippen LogP contribution in [0, 0.1) is 25.2 Å². The van der Waals surface area contributed by atoms with Gasteiger partial charge in [0.15, 0.2) is 0 Å². The van der Waals surface area contributed by atoms with Gasteiger partial charge in [-0.3, -0.25) is 9.78 Å². The highest BCUT2D eigenvalue weighted by atomic mass is 16.5. The van der Waals surface area contributed by atoms with Gasteiger partial charge in [-0.2, -0.15) is 0 Å². The molecule has 2 aliphatic heterocycles. The third kappa shape index (κ3) is 5.16. The lowest BCUT2D eigenvalue weighted by molar-refractivity contribution is -0.120. The van der Waals surface area contributed by atoms with Gasteiger partial charge in [0.05, 0.1) is 5.69 Å². The van der Waals surface area contributed by atoms with Crippen molar-refractivity contribution in [3.8, 4) is 11.5 Å². The highest BCUT2D eigenvalue weighted by Crippen LogP contribution is 2.45. The molecule has 7 nitrogen and oxygen atoms in total. The molecule has 0 spiro atoms. The van der Waals surface area contributed by atoms with E-state index in [1.54, 1.807) is 0 Å². The maximum absolute atomic E-state index is 13.3. The molecule has 7 heteroatoms. The second-order valence-electron chi connectivity index (χ2n) is 10.4. The van der Waals surface area contributed by atoms with Gasteiger partial charge in [-0.05, 0) is 84.5 Å². The Hall–Kier alpha value is -3.19. The Bertz CT molecular complexity index is 1160. The summed E-state index contributed by atoms with van der Waals surface area (Å²) in [5, 5.41) is 15.2. The first kappa shape index (κ1) is 24.5. The molecule has 1 aromatic carbocycles. The summed E-state index contributed by atoms with van der Waals surface area (Å²) in [6, 6.07) is 8.50. The minimum absolute atomic E-state index is 0.152. The van der Waals surface area contributed by atoms with Crippen molar-refractivity contribution in [1.29, 1.82) is 5.41 Å². The fourth-order valence-electron chi connectivity index (χ4n) is 5.38. The molecule has 3 N–H and O–H groups in total. The van der Waals surface area contributed by atoms with Crippen molar-refractivity contribution >= 4 is 23.4 Å². The molecule has 3 aliphatic rings. The van der Waals surface area contributed by atoms with E-state index in [2.05, 4.69) is 28.6 Å². The molecule has 1 amide bonds. The van der Waals surface area contributed by atoms with Crippen LogP contribution in [0.1, 0.15) is 61.5 Å². The van der Waals surface area contributed by atoms with Crippen LogP contribution < -0.4 is 20.3 Å². The molecule has 0 bridgehead atoms. The second kappa shape index (κ2) is 10.4. The Morgan fingerprint density at radius 1 is 1.14 bits per heavy atom. The number of allylic oxidation sites excluding steroid dienone is 1. The zero-order valence-corrected chi connectivity index (χ0v) is 21.6. The summed E-state index contributed by atoms with van der Waals surface area (Å²) < 4.78 is 6.62. The highest BCUT2D eigenvalue weighted by molar-refractivity contribution is 6.10. The third-order valence-electron chi connectivity index (χ3n) is 7.47. The molecule has 1 aromatic heterocycles. The number of carbonyl (C=O) groups is 1. The van der Waals surface area contributed by atoms with Crippen molar-refractivity contribution in [2.75, 3.05) is 18.0 Å². The van der Waals surface area contributed by atoms with Crippen LogP contribution in [0.5, 0.6) is 11.5 Å². The Morgan fingerprint density at radius 3 is 2.53 bits per heavy atom. The molecule has 1 atom stereocenters. The number of carbonyl (C=O) groups excluding carboxylic acids is 1. The molecular weight excluding hydrogens is 450 g/mol. The number of hydrogen-bond acceptors (Lipinski definition) is 6. The number of ether oxygens (including phenoxy) is 1. The van der Waals surface area contributed by atoms with Gasteiger partial charge in [-0.15, -0.1) is 0 Å². The number of aryl methyl sites for hydroxylation is 2. The molecule has 2 aromatic rings. The lowest BCUT2D eigenvalue weighted by Gasteiger charge is -2.37. The molecule has 1 saturated heterocycles. The predicted octanol–water partition coefficient (Wildman–Crippen LogP) is 4.90. The van der Waals surface area contributed by atoms with Gasteiger partial charge in [-0.25, -0.2) is 0 Å². The molecule has 2 fully saturated rings. The summed E-state index contributed by atoms with van der Waals surface area (Å²) in [4.78, 5) is 19.8. The van der Waals surface area contributed by atoms with Crippen LogP contribution in [0.25, 0.3) is 5.57 Å². The lowest BCUT2D eigenvalue weighted by Crippen LogP contribution is -2.43. The number of benzene rings is 1. The number of nitrogens with one attached hydrogen (secondary N) is 3. The van der Waals surface area contributed by atoms with Crippen LogP contribution in [0.4, 0.5) is 5.69 Å². The molecule has 1 aliphatic carbocycles. The molecule has 190 valence electrons. The summed E-state index contributed by atoms with van der Waals surface area (Å²) in [6.07, 6.45) is 9.14. The number of pyridine rings is 1. The minimum atomic E-state index is 0.152. The van der Waals surface area contributed by atoms with Crippen LogP contribution in [0.15, 0.2) is 30.5 Å². The Kier molecular flexibility index (Phi) is 7.10. The van der Waals surface area contributed by atoms with E-state index >= 15 is 0 Å². The van der Waals surface area contributed by atoms with Gasteiger partial charge in [0.2, 0.25) is 5.91 Å². The van der Waals surface area contributed by atoms with Gasteiger partial charge in [0.1, 0.15) is 11.5 Å². The normalized spacial score (nSPS) is 20.6. The van der Waals surface area contributed by atoms with Gasteiger partial charge >= 0.3 is 0 Å². The summed E-state index contributed by atoms with van der Waals surface area (Å²) in [7, 11) is 0. The van der Waals surface area contributed by atoms with Crippen molar-refractivity contribution < 1.29 is 9.53 Å². The summed E-state index contributed by atoms with van der Waals surface area (Å²) in [5.74, 6) is 1.84. The first-order valence-electron chi connectivity index (χ1n) is 13.2. The zero-order valence-electron chi connectivity index (χ0n) is 21.6. The Labute approximate surface area is 213 Å². The molecule has 5 rings (SSSR count). The van der Waals surface area contributed by atoms with E-state index in [-0.39, 0.29) is 17.9 Å². The maximum atomic E-state index is 13.3. The van der Waals surface area contributed by atoms with Crippen molar-refractivity contribution in [2.24, 2.45) is 5.92 Å². The largest absolute Gasteiger partial charge is 0.456 e. The zero-order chi connectivity index (χ0) is 25.2. The van der Waals surface area contributed by atoms with E-state index in [1.807, 2.05) is 43.1 Å². The van der Waals surface area contributed by atoms with Gasteiger partial charge in [0, 0.05) is 70.6 Å². The van der Waals surface area contributed by atoms with E-state index in [0.29, 0.717) is 6.04 Å². The average Bonchev–Trinajstić information content (AvgIpc) is 3.70. The van der Waals surface area contributed by atoms with E-state index in [9.17, 15) is 4.79 Å². The molecule has 36 heavy (non-hydrogen) atoms. The van der Waals surface area contributed by atoms with Crippen molar-refractivity contribution in [3.05, 3.63) is 53.0 Å². The molecule has 3 heterocycles. The lowest BCUT2D eigenvalue weighted by atomic mass is 9.91. The quantitative estimate of drug-likeness (QED) is 0.483. The van der Waals surface area contributed by atoms with Crippen LogP contribution >= 0.6 is 0 Å². The fraction of sp³-hybridized carbons (Fsp3) is 0.483. The molecule has 0 unspecified atom stereocenters. The van der Waals surface area contributed by atoms with E-state index in [1.165, 1.54) is 6.21 Å². The van der Waals surface area contributed by atoms with Crippen molar-refractivity contribution in [2.45, 2.75) is 71.4 Å². The first-order chi connectivity index (χ1) is 17.4. The minimum Gasteiger partial charge on any atom is -0.456 e. The predicted molar refractivity (Wildman–Crippen MR) is 144 cm³/mol.